The van der Waals surface area contributed by atoms with Gasteiger partial charge in [0, 0.05) is 23.3 Å². The Labute approximate surface area is 89.4 Å². The van der Waals surface area contributed by atoms with E-state index < -0.39 is 5.24 Å². The summed E-state index contributed by atoms with van der Waals surface area (Å²) in [6, 6.07) is 3.70. The van der Waals surface area contributed by atoms with Crippen molar-refractivity contribution in [3.8, 4) is 10.6 Å². The molecule has 0 saturated carbocycles. The van der Waals surface area contributed by atoms with Crippen LogP contribution in [0.2, 0.25) is 0 Å². The molecular weight excluding hydrogens is 220 g/mol. The molecule has 0 amide bonds. The number of aromatic nitrogens is 2. The molecule has 2 aromatic rings. The monoisotopic (exact) mass is 224 g/mol. The first-order valence-electron chi connectivity index (χ1n) is 3.83. The van der Waals surface area contributed by atoms with Crippen LogP contribution in [-0.4, -0.2) is 15.2 Å². The average molecular weight is 225 g/mol. The number of nitrogens with zero attached hydrogens (tertiary/aromatic N) is 2. The Morgan fingerprint density at radius 1 is 1.50 bits per heavy atom. The topological polar surface area (TPSA) is 42.9 Å². The van der Waals surface area contributed by atoms with Crippen molar-refractivity contribution in [1.29, 1.82) is 0 Å². The highest BCUT2D eigenvalue weighted by Crippen LogP contribution is 2.22. The summed E-state index contributed by atoms with van der Waals surface area (Å²) in [5, 5.41) is 1.86. The van der Waals surface area contributed by atoms with E-state index in [9.17, 15) is 4.79 Å². The van der Waals surface area contributed by atoms with Crippen LogP contribution >= 0.6 is 22.9 Å². The molecule has 70 valence electrons. The summed E-state index contributed by atoms with van der Waals surface area (Å²) in [5.41, 5.74) is 1.18. The van der Waals surface area contributed by atoms with Gasteiger partial charge in [-0.15, -0.1) is 11.3 Å². The molecule has 0 aliphatic heterocycles. The number of halogens is 1. The minimum absolute atomic E-state index is 0.288. The van der Waals surface area contributed by atoms with Crippen LogP contribution in [0.3, 0.4) is 0 Å². The molecular formula is C9H5ClN2OS. The zero-order valence-corrected chi connectivity index (χ0v) is 8.55. The SMILES string of the molecule is O=C(Cl)c1csc(-c2cccnc2)n1. The van der Waals surface area contributed by atoms with Crippen LogP contribution in [0.25, 0.3) is 10.6 Å². The van der Waals surface area contributed by atoms with Gasteiger partial charge in [0.25, 0.3) is 5.24 Å². The van der Waals surface area contributed by atoms with E-state index >= 15 is 0 Å². The average Bonchev–Trinajstić information content (AvgIpc) is 2.68. The highest BCUT2D eigenvalue weighted by atomic mass is 35.5. The molecule has 0 aromatic carbocycles. The lowest BCUT2D eigenvalue weighted by Crippen LogP contribution is -1.87. The van der Waals surface area contributed by atoms with E-state index in [1.165, 1.54) is 11.3 Å². The Bertz CT molecular complexity index is 455. The Morgan fingerprint density at radius 3 is 2.93 bits per heavy atom. The lowest BCUT2D eigenvalue weighted by molar-refractivity contribution is 0.107. The maximum atomic E-state index is 10.8. The van der Waals surface area contributed by atoms with Crippen molar-refractivity contribution in [2.24, 2.45) is 0 Å². The Kier molecular flexibility index (Phi) is 2.56. The summed E-state index contributed by atoms with van der Waals surface area (Å²) in [5.74, 6) is 0. The molecule has 0 unspecified atom stereocenters. The summed E-state index contributed by atoms with van der Waals surface area (Å²) in [4.78, 5) is 18.8. The number of carbonyl (C=O) groups excluding carboxylic acids is 1. The third-order valence-corrected chi connectivity index (χ3v) is 2.70. The number of hydrogen-bond acceptors (Lipinski definition) is 4. The van der Waals surface area contributed by atoms with Gasteiger partial charge < -0.3 is 0 Å². The van der Waals surface area contributed by atoms with Gasteiger partial charge in [0.15, 0.2) is 0 Å². The van der Waals surface area contributed by atoms with Crippen molar-refractivity contribution in [2.75, 3.05) is 0 Å². The quantitative estimate of drug-likeness (QED) is 0.737. The van der Waals surface area contributed by atoms with Crippen molar-refractivity contribution < 1.29 is 4.79 Å². The summed E-state index contributed by atoms with van der Waals surface area (Å²) in [6.07, 6.45) is 3.38. The molecule has 5 heteroatoms. The molecule has 2 rings (SSSR count). The normalized spacial score (nSPS) is 10.1. The first-order valence-corrected chi connectivity index (χ1v) is 5.09. The van der Waals surface area contributed by atoms with E-state index in [1.54, 1.807) is 17.8 Å². The van der Waals surface area contributed by atoms with Crippen LogP contribution in [0.1, 0.15) is 10.5 Å². The van der Waals surface area contributed by atoms with Gasteiger partial charge in [-0.3, -0.25) is 9.78 Å². The van der Waals surface area contributed by atoms with Crippen LogP contribution in [0, 0.1) is 0 Å². The molecule has 0 spiro atoms. The van der Waals surface area contributed by atoms with Crippen molar-refractivity contribution in [3.63, 3.8) is 0 Å². The molecule has 14 heavy (non-hydrogen) atoms. The predicted octanol–water partition coefficient (Wildman–Crippen LogP) is 2.58. The second-order valence-electron chi connectivity index (χ2n) is 2.55. The first-order chi connectivity index (χ1) is 6.77. The zero-order valence-electron chi connectivity index (χ0n) is 6.98. The third kappa shape index (κ3) is 1.81. The summed E-state index contributed by atoms with van der Waals surface area (Å²) < 4.78 is 0. The fraction of sp³-hybridized carbons (Fsp3) is 0. The minimum Gasteiger partial charge on any atom is -0.274 e. The molecule has 0 radical (unpaired) electrons. The molecule has 3 nitrogen and oxygen atoms in total. The van der Waals surface area contributed by atoms with Crippen molar-refractivity contribution in [2.45, 2.75) is 0 Å². The molecule has 0 aliphatic rings. The van der Waals surface area contributed by atoms with E-state index in [4.69, 9.17) is 11.6 Å². The molecule has 0 saturated heterocycles. The number of hydrogen-bond donors (Lipinski definition) is 0. The highest BCUT2D eigenvalue weighted by Gasteiger charge is 2.08. The third-order valence-electron chi connectivity index (χ3n) is 1.61. The van der Waals surface area contributed by atoms with Gasteiger partial charge in [0.1, 0.15) is 10.7 Å². The molecule has 0 fully saturated rings. The van der Waals surface area contributed by atoms with Crippen molar-refractivity contribution in [3.05, 3.63) is 35.6 Å². The van der Waals surface area contributed by atoms with Crippen LogP contribution in [-0.2, 0) is 0 Å². The molecule has 0 bridgehead atoms. The van der Waals surface area contributed by atoms with Gasteiger partial charge in [-0.1, -0.05) is 0 Å². The largest absolute Gasteiger partial charge is 0.274 e. The predicted molar refractivity (Wildman–Crippen MR) is 55.5 cm³/mol. The van der Waals surface area contributed by atoms with Gasteiger partial charge in [0.05, 0.1) is 0 Å². The van der Waals surface area contributed by atoms with Crippen molar-refractivity contribution >= 4 is 28.2 Å². The molecule has 2 aromatic heterocycles. The van der Waals surface area contributed by atoms with Gasteiger partial charge in [-0.05, 0) is 23.7 Å². The molecule has 2 heterocycles. The molecule has 0 N–H and O–H groups in total. The van der Waals surface area contributed by atoms with E-state index in [-0.39, 0.29) is 5.69 Å². The lowest BCUT2D eigenvalue weighted by atomic mass is 10.3. The highest BCUT2D eigenvalue weighted by molar-refractivity contribution is 7.13. The van der Waals surface area contributed by atoms with Crippen molar-refractivity contribution in [1.82, 2.24) is 9.97 Å². The zero-order chi connectivity index (χ0) is 9.97. The summed E-state index contributed by atoms with van der Waals surface area (Å²) >= 11 is 6.67. The fourth-order valence-electron chi connectivity index (χ4n) is 0.986. The van der Waals surface area contributed by atoms with Gasteiger partial charge in [-0.25, -0.2) is 4.98 Å². The lowest BCUT2D eigenvalue weighted by Gasteiger charge is -1.91. The molecule has 0 atom stereocenters. The van der Waals surface area contributed by atoms with Crippen LogP contribution in [0.4, 0.5) is 0 Å². The maximum absolute atomic E-state index is 10.8. The Morgan fingerprint density at radius 2 is 2.36 bits per heavy atom. The summed E-state index contributed by atoms with van der Waals surface area (Å²) in [7, 11) is 0. The van der Waals surface area contributed by atoms with E-state index in [1.807, 2.05) is 12.1 Å². The van der Waals surface area contributed by atoms with E-state index in [0.29, 0.717) is 0 Å². The van der Waals surface area contributed by atoms with Crippen LogP contribution in [0.5, 0.6) is 0 Å². The second-order valence-corrected chi connectivity index (χ2v) is 3.75. The molecule has 0 aliphatic carbocycles. The van der Waals surface area contributed by atoms with E-state index in [0.717, 1.165) is 10.6 Å². The summed E-state index contributed by atoms with van der Waals surface area (Å²) in [6.45, 7) is 0. The van der Waals surface area contributed by atoms with Gasteiger partial charge >= 0.3 is 0 Å². The second kappa shape index (κ2) is 3.86. The standard InChI is InChI=1S/C9H5ClN2OS/c10-8(13)7-5-14-9(12-7)6-2-1-3-11-4-6/h1-5H. The van der Waals surface area contributed by atoms with E-state index in [2.05, 4.69) is 9.97 Å². The van der Waals surface area contributed by atoms with Crippen LogP contribution < -0.4 is 0 Å². The number of pyridine rings is 1. The smallest absolute Gasteiger partial charge is 0.271 e. The van der Waals surface area contributed by atoms with Gasteiger partial charge in [0.2, 0.25) is 0 Å². The maximum Gasteiger partial charge on any atom is 0.271 e. The Balaban J connectivity index is 2.39. The number of rotatable bonds is 2. The number of thiazole rings is 1. The number of carbonyl (C=O) groups is 1. The minimum atomic E-state index is -0.531. The van der Waals surface area contributed by atoms with Crippen LogP contribution in [0.15, 0.2) is 29.9 Å². The van der Waals surface area contributed by atoms with Gasteiger partial charge in [-0.2, -0.15) is 0 Å². The fourth-order valence-corrected chi connectivity index (χ4v) is 1.94. The first kappa shape index (κ1) is 9.30. The Hall–Kier alpha value is -1.26.